The van der Waals surface area contributed by atoms with E-state index in [9.17, 15) is 4.79 Å². The molecule has 0 bridgehead atoms. The van der Waals surface area contributed by atoms with Crippen LogP contribution in [0.25, 0.3) is 0 Å². The number of hydrogen-bond acceptors (Lipinski definition) is 2. The van der Waals surface area contributed by atoms with Crippen LogP contribution in [0.4, 0.5) is 0 Å². The van der Waals surface area contributed by atoms with E-state index >= 15 is 0 Å². The van der Waals surface area contributed by atoms with Gasteiger partial charge >= 0.3 is 0 Å². The highest BCUT2D eigenvalue weighted by atomic mass is 79.9. The molecule has 0 saturated heterocycles. The summed E-state index contributed by atoms with van der Waals surface area (Å²) in [5, 5.41) is 1.88. The second-order valence-corrected chi connectivity index (χ2v) is 7.15. The van der Waals surface area contributed by atoms with Crippen molar-refractivity contribution in [3.05, 3.63) is 20.8 Å². The minimum absolute atomic E-state index is 0.0897. The topological polar surface area (TPSA) is 20.3 Å². The Kier molecular flexibility index (Phi) is 3.95. The fraction of sp³-hybridized carbons (Fsp3) is 0.545. The maximum atomic E-state index is 11.9. The normalized spacial score (nSPS) is 11.5. The molecule has 0 aliphatic rings. The van der Waals surface area contributed by atoms with Crippen molar-refractivity contribution in [1.82, 2.24) is 4.90 Å². The minimum Gasteiger partial charge on any atom is -0.341 e. The molecule has 0 spiro atoms. The van der Waals surface area contributed by atoms with Gasteiger partial charge in [-0.05, 0) is 27.4 Å². The highest BCUT2D eigenvalue weighted by Gasteiger charge is 2.19. The fourth-order valence-electron chi connectivity index (χ4n) is 1.43. The highest BCUT2D eigenvalue weighted by molar-refractivity contribution is 9.11. The molecule has 0 N–H and O–H groups in total. The van der Waals surface area contributed by atoms with Crippen molar-refractivity contribution in [2.45, 2.75) is 20.8 Å². The molecule has 15 heavy (non-hydrogen) atoms. The van der Waals surface area contributed by atoms with Crippen LogP contribution in [0.2, 0.25) is 0 Å². The Bertz CT molecular complexity index is 354. The summed E-state index contributed by atoms with van der Waals surface area (Å²) < 4.78 is 0.995. The fourth-order valence-corrected chi connectivity index (χ4v) is 2.56. The van der Waals surface area contributed by atoms with Gasteiger partial charge in [-0.1, -0.05) is 20.8 Å². The number of halogens is 1. The van der Waals surface area contributed by atoms with Crippen LogP contribution in [0.15, 0.2) is 15.2 Å². The maximum absolute atomic E-state index is 11.9. The lowest BCUT2D eigenvalue weighted by Crippen LogP contribution is -2.34. The Labute approximate surface area is 103 Å². The summed E-state index contributed by atoms with van der Waals surface area (Å²) in [5.74, 6) is 0.0897. The van der Waals surface area contributed by atoms with Crippen LogP contribution in [0.1, 0.15) is 31.1 Å². The first-order valence-electron chi connectivity index (χ1n) is 4.79. The molecule has 1 amide bonds. The zero-order valence-corrected chi connectivity index (χ0v) is 11.9. The van der Waals surface area contributed by atoms with Gasteiger partial charge in [-0.15, -0.1) is 11.3 Å². The first-order valence-corrected chi connectivity index (χ1v) is 6.46. The van der Waals surface area contributed by atoms with Crippen molar-refractivity contribution >= 4 is 33.2 Å². The summed E-state index contributed by atoms with van der Waals surface area (Å²) in [6, 6.07) is 1.87. The van der Waals surface area contributed by atoms with E-state index in [2.05, 4.69) is 36.7 Å². The molecule has 0 radical (unpaired) electrons. The van der Waals surface area contributed by atoms with Crippen LogP contribution in [0.3, 0.4) is 0 Å². The molecular formula is C11H16BrNOS. The first kappa shape index (κ1) is 12.7. The van der Waals surface area contributed by atoms with Crippen LogP contribution in [0.5, 0.6) is 0 Å². The van der Waals surface area contributed by atoms with Gasteiger partial charge < -0.3 is 4.90 Å². The summed E-state index contributed by atoms with van der Waals surface area (Å²) in [4.78, 5) is 13.7. The number of rotatable bonds is 2. The van der Waals surface area contributed by atoms with Crippen LogP contribution < -0.4 is 0 Å². The van der Waals surface area contributed by atoms with Crippen molar-refractivity contribution in [2.24, 2.45) is 5.41 Å². The number of thiophene rings is 1. The first-order chi connectivity index (χ1) is 6.79. The van der Waals surface area contributed by atoms with Crippen LogP contribution in [-0.2, 0) is 0 Å². The number of carbonyl (C=O) groups excluding carboxylic acids is 1. The molecule has 0 atom stereocenters. The Morgan fingerprint density at radius 3 is 2.53 bits per heavy atom. The van der Waals surface area contributed by atoms with E-state index in [4.69, 9.17) is 0 Å². The molecule has 4 heteroatoms. The molecule has 0 aliphatic heterocycles. The van der Waals surface area contributed by atoms with Crippen molar-refractivity contribution in [3.8, 4) is 0 Å². The molecule has 0 unspecified atom stereocenters. The maximum Gasteiger partial charge on any atom is 0.254 e. The summed E-state index contributed by atoms with van der Waals surface area (Å²) in [7, 11) is 1.85. The second-order valence-electron chi connectivity index (χ2n) is 4.86. The molecular weight excluding hydrogens is 274 g/mol. The van der Waals surface area contributed by atoms with Gasteiger partial charge in [0.25, 0.3) is 5.91 Å². The quantitative estimate of drug-likeness (QED) is 0.814. The molecule has 1 rings (SSSR count). The monoisotopic (exact) mass is 289 g/mol. The predicted octanol–water partition coefficient (Wildman–Crippen LogP) is 3.63. The van der Waals surface area contributed by atoms with Crippen LogP contribution >= 0.6 is 27.3 Å². The van der Waals surface area contributed by atoms with Crippen molar-refractivity contribution in [3.63, 3.8) is 0 Å². The SMILES string of the molecule is CN(CC(C)(C)C)C(=O)c1csc(Br)c1. The molecule has 0 saturated carbocycles. The van der Waals surface area contributed by atoms with Gasteiger partial charge in [0.05, 0.1) is 9.35 Å². The van der Waals surface area contributed by atoms with Gasteiger partial charge in [0.2, 0.25) is 0 Å². The number of carbonyl (C=O) groups is 1. The summed E-state index contributed by atoms with van der Waals surface area (Å²) >= 11 is 4.90. The highest BCUT2D eigenvalue weighted by Crippen LogP contribution is 2.22. The van der Waals surface area contributed by atoms with Gasteiger partial charge in [0, 0.05) is 19.0 Å². The van der Waals surface area contributed by atoms with Gasteiger partial charge in [-0.3, -0.25) is 4.79 Å². The van der Waals surface area contributed by atoms with Gasteiger partial charge in [-0.2, -0.15) is 0 Å². The van der Waals surface area contributed by atoms with E-state index < -0.39 is 0 Å². The third-order valence-electron chi connectivity index (χ3n) is 1.87. The average Bonchev–Trinajstić information content (AvgIpc) is 2.47. The molecule has 1 aromatic heterocycles. The van der Waals surface area contributed by atoms with Crippen molar-refractivity contribution in [2.75, 3.05) is 13.6 Å². The molecule has 1 heterocycles. The Morgan fingerprint density at radius 1 is 1.53 bits per heavy atom. The van der Waals surface area contributed by atoms with E-state index in [0.29, 0.717) is 0 Å². The molecule has 1 aromatic rings. The number of amides is 1. The Balaban J connectivity index is 2.69. The lowest BCUT2D eigenvalue weighted by Gasteiger charge is -2.26. The second kappa shape index (κ2) is 4.66. The molecule has 0 aromatic carbocycles. The zero-order chi connectivity index (χ0) is 11.6. The summed E-state index contributed by atoms with van der Waals surface area (Å²) in [6.45, 7) is 7.14. The van der Waals surface area contributed by atoms with E-state index in [1.54, 1.807) is 4.90 Å². The minimum atomic E-state index is 0.0897. The Hall–Kier alpha value is -0.350. The van der Waals surface area contributed by atoms with Crippen molar-refractivity contribution in [1.29, 1.82) is 0 Å². The summed E-state index contributed by atoms with van der Waals surface area (Å²) in [6.07, 6.45) is 0. The van der Waals surface area contributed by atoms with Gasteiger partial charge in [-0.25, -0.2) is 0 Å². The zero-order valence-electron chi connectivity index (χ0n) is 9.50. The third-order valence-corrected chi connectivity index (χ3v) is 3.38. The van der Waals surface area contributed by atoms with Gasteiger partial charge in [0.1, 0.15) is 0 Å². The lowest BCUT2D eigenvalue weighted by molar-refractivity contribution is 0.0746. The number of nitrogens with zero attached hydrogens (tertiary/aromatic N) is 1. The smallest absolute Gasteiger partial charge is 0.254 e. The standard InChI is InChI=1S/C11H16BrNOS/c1-11(2,3)7-13(4)10(14)8-5-9(12)15-6-8/h5-6H,7H2,1-4H3. The molecule has 0 fully saturated rings. The number of hydrogen-bond donors (Lipinski definition) is 0. The van der Waals surface area contributed by atoms with E-state index in [-0.39, 0.29) is 11.3 Å². The summed E-state index contributed by atoms with van der Waals surface area (Å²) in [5.41, 5.74) is 0.899. The average molecular weight is 290 g/mol. The van der Waals surface area contributed by atoms with Crippen molar-refractivity contribution < 1.29 is 4.79 Å². The largest absolute Gasteiger partial charge is 0.341 e. The van der Waals surface area contributed by atoms with E-state index in [0.717, 1.165) is 15.9 Å². The lowest BCUT2D eigenvalue weighted by atomic mass is 9.96. The van der Waals surface area contributed by atoms with Crippen LogP contribution in [-0.4, -0.2) is 24.4 Å². The molecule has 84 valence electrons. The van der Waals surface area contributed by atoms with E-state index in [1.807, 2.05) is 18.5 Å². The van der Waals surface area contributed by atoms with E-state index in [1.165, 1.54) is 11.3 Å². The molecule has 0 aliphatic carbocycles. The molecule has 2 nitrogen and oxygen atoms in total. The van der Waals surface area contributed by atoms with Gasteiger partial charge in [0.15, 0.2) is 0 Å². The third kappa shape index (κ3) is 3.95. The van der Waals surface area contributed by atoms with Crippen LogP contribution in [0, 0.1) is 5.41 Å². The predicted molar refractivity (Wildman–Crippen MR) is 68.4 cm³/mol. The Morgan fingerprint density at radius 2 is 2.13 bits per heavy atom.